The molecule has 0 aliphatic carbocycles. The van der Waals surface area contributed by atoms with Crippen molar-refractivity contribution < 1.29 is 0 Å². The molecule has 2 rings (SSSR count). The zero-order chi connectivity index (χ0) is 13.0. The lowest BCUT2D eigenvalue weighted by molar-refractivity contribution is 0.494. The Morgan fingerprint density at radius 2 is 2.22 bits per heavy atom. The predicted octanol–water partition coefficient (Wildman–Crippen LogP) is 2.51. The normalized spacial score (nSPS) is 14.2. The largest absolute Gasteiger partial charge is 0.379 e. The van der Waals surface area contributed by atoms with Crippen molar-refractivity contribution in [2.45, 2.75) is 33.2 Å². The van der Waals surface area contributed by atoms with Crippen LogP contribution in [0.15, 0.2) is 31.0 Å². The lowest BCUT2D eigenvalue weighted by Gasteiger charge is -2.22. The highest BCUT2D eigenvalue weighted by Crippen LogP contribution is 2.19. The van der Waals surface area contributed by atoms with Gasteiger partial charge in [-0.25, -0.2) is 14.6 Å². The number of rotatable bonds is 5. The van der Waals surface area contributed by atoms with Crippen molar-refractivity contribution in [3.63, 3.8) is 0 Å². The Balaban J connectivity index is 2.23. The van der Waals surface area contributed by atoms with E-state index in [-0.39, 0.29) is 0 Å². The fourth-order valence-corrected chi connectivity index (χ4v) is 1.75. The van der Waals surface area contributed by atoms with E-state index in [1.54, 1.807) is 17.2 Å². The topological polar surface area (TPSA) is 55.6 Å². The summed E-state index contributed by atoms with van der Waals surface area (Å²) in [7, 11) is 0. The smallest absolute Gasteiger partial charge is 0.178 e. The van der Waals surface area contributed by atoms with Gasteiger partial charge in [-0.3, -0.25) is 0 Å². The van der Waals surface area contributed by atoms with E-state index >= 15 is 0 Å². The molecule has 96 valence electrons. The molecule has 0 saturated heterocycles. The molecule has 0 aliphatic rings. The molecule has 0 radical (unpaired) electrons. The fourth-order valence-electron chi connectivity index (χ4n) is 1.75. The second-order valence-corrected chi connectivity index (χ2v) is 4.53. The van der Waals surface area contributed by atoms with Gasteiger partial charge in [-0.05, 0) is 25.0 Å². The van der Waals surface area contributed by atoms with Gasteiger partial charge >= 0.3 is 0 Å². The molecule has 5 nitrogen and oxygen atoms in total. The van der Waals surface area contributed by atoms with Crippen molar-refractivity contribution in [3.8, 4) is 5.82 Å². The van der Waals surface area contributed by atoms with Crippen LogP contribution in [0.5, 0.6) is 0 Å². The lowest BCUT2D eigenvalue weighted by atomic mass is 10.0. The van der Waals surface area contributed by atoms with Crippen LogP contribution in [0.25, 0.3) is 5.82 Å². The van der Waals surface area contributed by atoms with Crippen molar-refractivity contribution in [2.75, 3.05) is 5.32 Å². The van der Waals surface area contributed by atoms with Crippen LogP contribution in [0.4, 0.5) is 5.69 Å². The Morgan fingerprint density at radius 3 is 2.89 bits per heavy atom. The van der Waals surface area contributed by atoms with Crippen LogP contribution < -0.4 is 5.32 Å². The highest BCUT2D eigenvalue weighted by molar-refractivity contribution is 5.56. The molecule has 2 atom stereocenters. The van der Waals surface area contributed by atoms with Gasteiger partial charge in [0.25, 0.3) is 0 Å². The third kappa shape index (κ3) is 2.67. The Morgan fingerprint density at radius 1 is 1.39 bits per heavy atom. The highest BCUT2D eigenvalue weighted by Gasteiger charge is 2.13. The summed E-state index contributed by atoms with van der Waals surface area (Å²) < 4.78 is 1.67. The molecule has 0 spiro atoms. The SMILES string of the molecule is CCC(C)C(C)Nc1cccnc1-n1cncn1. The number of hydrogen-bond donors (Lipinski definition) is 1. The molecule has 0 fully saturated rings. The zero-order valence-corrected chi connectivity index (χ0v) is 11.0. The molecule has 0 amide bonds. The first-order valence-electron chi connectivity index (χ1n) is 6.29. The molecule has 0 aliphatic heterocycles. The number of nitrogens with one attached hydrogen (secondary N) is 1. The quantitative estimate of drug-likeness (QED) is 0.879. The van der Waals surface area contributed by atoms with E-state index in [4.69, 9.17) is 0 Å². The van der Waals surface area contributed by atoms with Crippen LogP contribution in [0.1, 0.15) is 27.2 Å². The monoisotopic (exact) mass is 245 g/mol. The summed E-state index contributed by atoms with van der Waals surface area (Å²) >= 11 is 0. The Hall–Kier alpha value is -1.91. The van der Waals surface area contributed by atoms with Crippen LogP contribution in [-0.2, 0) is 0 Å². The molecule has 0 bridgehead atoms. The maximum atomic E-state index is 4.36. The third-order valence-corrected chi connectivity index (χ3v) is 3.30. The Kier molecular flexibility index (Phi) is 3.92. The molecule has 5 heteroatoms. The Labute approximate surface area is 107 Å². The van der Waals surface area contributed by atoms with Crippen molar-refractivity contribution in [3.05, 3.63) is 31.0 Å². The van der Waals surface area contributed by atoms with E-state index in [0.29, 0.717) is 12.0 Å². The standard InChI is InChI=1S/C13H19N5/c1-4-10(2)11(3)17-12-6-5-7-15-13(12)18-9-14-8-16-18/h5-11,17H,4H2,1-3H3. The first-order chi connectivity index (χ1) is 8.72. The molecule has 2 aromatic rings. The molecule has 1 N–H and O–H groups in total. The summed E-state index contributed by atoms with van der Waals surface area (Å²) in [5, 5.41) is 7.62. The maximum absolute atomic E-state index is 4.36. The summed E-state index contributed by atoms with van der Waals surface area (Å²) in [5.74, 6) is 1.39. The van der Waals surface area contributed by atoms with Gasteiger partial charge in [-0.15, -0.1) is 0 Å². The number of anilines is 1. The number of aromatic nitrogens is 4. The van der Waals surface area contributed by atoms with Crippen molar-refractivity contribution in [1.82, 2.24) is 19.7 Å². The zero-order valence-electron chi connectivity index (χ0n) is 11.0. The van der Waals surface area contributed by atoms with Gasteiger partial charge in [0.1, 0.15) is 12.7 Å². The first kappa shape index (κ1) is 12.5. The molecule has 2 heterocycles. The maximum Gasteiger partial charge on any atom is 0.178 e. The van der Waals surface area contributed by atoms with Crippen LogP contribution in [0, 0.1) is 5.92 Å². The minimum atomic E-state index is 0.390. The second-order valence-electron chi connectivity index (χ2n) is 4.53. The van der Waals surface area contributed by atoms with Gasteiger partial charge in [0.2, 0.25) is 0 Å². The van der Waals surface area contributed by atoms with Crippen LogP contribution in [0.3, 0.4) is 0 Å². The van der Waals surface area contributed by atoms with E-state index in [0.717, 1.165) is 17.9 Å². The van der Waals surface area contributed by atoms with E-state index in [1.165, 1.54) is 6.33 Å². The lowest BCUT2D eigenvalue weighted by Crippen LogP contribution is -2.24. The average molecular weight is 245 g/mol. The van der Waals surface area contributed by atoms with Gasteiger partial charge in [0.05, 0.1) is 5.69 Å². The van der Waals surface area contributed by atoms with Crippen LogP contribution in [0.2, 0.25) is 0 Å². The van der Waals surface area contributed by atoms with Crippen LogP contribution >= 0.6 is 0 Å². The number of pyridine rings is 1. The van der Waals surface area contributed by atoms with Crippen molar-refractivity contribution in [2.24, 2.45) is 5.92 Å². The van der Waals surface area contributed by atoms with Gasteiger partial charge in [0, 0.05) is 12.2 Å². The number of nitrogens with zero attached hydrogens (tertiary/aromatic N) is 4. The van der Waals surface area contributed by atoms with Crippen LogP contribution in [-0.4, -0.2) is 25.8 Å². The average Bonchev–Trinajstić information content (AvgIpc) is 2.92. The predicted molar refractivity (Wildman–Crippen MR) is 71.7 cm³/mol. The molecule has 0 saturated carbocycles. The summed E-state index contributed by atoms with van der Waals surface area (Å²) in [6, 6.07) is 4.33. The number of hydrogen-bond acceptors (Lipinski definition) is 4. The molecule has 2 unspecified atom stereocenters. The van der Waals surface area contributed by atoms with Gasteiger partial charge < -0.3 is 5.32 Å². The minimum Gasteiger partial charge on any atom is -0.379 e. The van der Waals surface area contributed by atoms with E-state index < -0.39 is 0 Å². The van der Waals surface area contributed by atoms with E-state index in [1.807, 2.05) is 12.1 Å². The summed E-state index contributed by atoms with van der Waals surface area (Å²) in [5.41, 5.74) is 0.982. The summed E-state index contributed by atoms with van der Waals surface area (Å²) in [6.45, 7) is 6.62. The van der Waals surface area contributed by atoms with E-state index in [9.17, 15) is 0 Å². The van der Waals surface area contributed by atoms with Gasteiger partial charge in [-0.2, -0.15) is 5.10 Å². The molecule has 18 heavy (non-hydrogen) atoms. The van der Waals surface area contributed by atoms with Gasteiger partial charge in [0.15, 0.2) is 5.82 Å². The molecular formula is C13H19N5. The molecule has 0 aromatic carbocycles. The molecule has 2 aromatic heterocycles. The first-order valence-corrected chi connectivity index (χ1v) is 6.29. The minimum absolute atomic E-state index is 0.390. The van der Waals surface area contributed by atoms with E-state index in [2.05, 4.69) is 41.2 Å². The third-order valence-electron chi connectivity index (χ3n) is 3.30. The second kappa shape index (κ2) is 5.62. The van der Waals surface area contributed by atoms with Crippen molar-refractivity contribution >= 4 is 5.69 Å². The molecular weight excluding hydrogens is 226 g/mol. The fraction of sp³-hybridized carbons (Fsp3) is 0.462. The summed E-state index contributed by atoms with van der Waals surface area (Å²) in [4.78, 5) is 8.31. The highest BCUT2D eigenvalue weighted by atomic mass is 15.3. The Bertz CT molecular complexity index is 480. The van der Waals surface area contributed by atoms with Crippen molar-refractivity contribution in [1.29, 1.82) is 0 Å². The van der Waals surface area contributed by atoms with Gasteiger partial charge in [-0.1, -0.05) is 20.3 Å². The summed E-state index contributed by atoms with van der Waals surface area (Å²) in [6.07, 6.45) is 6.07.